The average molecular weight is 278 g/mol. The summed E-state index contributed by atoms with van der Waals surface area (Å²) in [7, 11) is 6.35. The molecule has 0 fully saturated rings. The summed E-state index contributed by atoms with van der Waals surface area (Å²) in [5.41, 5.74) is 2.39. The standard InChI is InChI=1S/C16H30N4/c1-14(2)10-17-11-15-6-7-16(18-12-15)13-20(5)9-8-19(3)4/h6-7,12,14,17H,8-11,13H2,1-5H3. The third-order valence-corrected chi connectivity index (χ3v) is 3.13. The minimum Gasteiger partial charge on any atom is -0.312 e. The zero-order valence-electron chi connectivity index (χ0n) is 13.7. The number of hydrogen-bond donors (Lipinski definition) is 1. The summed E-state index contributed by atoms with van der Waals surface area (Å²) in [6, 6.07) is 4.31. The summed E-state index contributed by atoms with van der Waals surface area (Å²) in [4.78, 5) is 9.05. The van der Waals surface area contributed by atoms with Crippen LogP contribution in [0.5, 0.6) is 0 Å². The van der Waals surface area contributed by atoms with Crippen LogP contribution in [0.15, 0.2) is 18.3 Å². The number of pyridine rings is 1. The Morgan fingerprint density at radius 1 is 1.15 bits per heavy atom. The van der Waals surface area contributed by atoms with Gasteiger partial charge in [-0.2, -0.15) is 0 Å². The van der Waals surface area contributed by atoms with E-state index < -0.39 is 0 Å². The average Bonchev–Trinajstić information content (AvgIpc) is 2.38. The molecule has 0 radical (unpaired) electrons. The van der Waals surface area contributed by atoms with E-state index in [-0.39, 0.29) is 0 Å². The van der Waals surface area contributed by atoms with Gasteiger partial charge in [0, 0.05) is 32.4 Å². The van der Waals surface area contributed by atoms with Crippen molar-refractivity contribution in [1.29, 1.82) is 0 Å². The summed E-state index contributed by atoms with van der Waals surface area (Å²) in [6.07, 6.45) is 1.99. The van der Waals surface area contributed by atoms with Crippen LogP contribution in [0.3, 0.4) is 0 Å². The molecule has 0 saturated heterocycles. The van der Waals surface area contributed by atoms with Crippen LogP contribution in [0, 0.1) is 5.92 Å². The van der Waals surface area contributed by atoms with Gasteiger partial charge in [-0.1, -0.05) is 19.9 Å². The van der Waals surface area contributed by atoms with E-state index in [2.05, 4.69) is 67.2 Å². The second kappa shape index (κ2) is 9.06. The normalized spacial score (nSPS) is 11.8. The molecular formula is C16H30N4. The van der Waals surface area contributed by atoms with E-state index >= 15 is 0 Å². The summed E-state index contributed by atoms with van der Waals surface area (Å²) in [6.45, 7) is 9.44. The van der Waals surface area contributed by atoms with Crippen molar-refractivity contribution in [2.75, 3.05) is 40.8 Å². The van der Waals surface area contributed by atoms with E-state index in [1.54, 1.807) is 0 Å². The molecule has 0 aliphatic heterocycles. The fraction of sp³-hybridized carbons (Fsp3) is 0.688. The molecule has 1 N–H and O–H groups in total. The van der Waals surface area contributed by atoms with Crippen molar-refractivity contribution in [3.05, 3.63) is 29.6 Å². The van der Waals surface area contributed by atoms with Crippen LogP contribution in [0.2, 0.25) is 0 Å². The fourth-order valence-electron chi connectivity index (χ4n) is 1.88. The number of rotatable bonds is 9. The maximum Gasteiger partial charge on any atom is 0.0544 e. The second-order valence-electron chi connectivity index (χ2n) is 6.22. The van der Waals surface area contributed by atoms with Gasteiger partial charge in [0.15, 0.2) is 0 Å². The lowest BCUT2D eigenvalue weighted by atomic mass is 10.2. The molecular weight excluding hydrogens is 248 g/mol. The smallest absolute Gasteiger partial charge is 0.0544 e. The minimum atomic E-state index is 0.688. The predicted molar refractivity (Wildman–Crippen MR) is 85.7 cm³/mol. The summed E-state index contributed by atoms with van der Waals surface area (Å²) in [5, 5.41) is 3.44. The highest BCUT2D eigenvalue weighted by molar-refractivity contribution is 5.13. The van der Waals surface area contributed by atoms with Gasteiger partial charge in [-0.05, 0) is 45.2 Å². The first kappa shape index (κ1) is 17.1. The molecule has 0 amide bonds. The highest BCUT2D eigenvalue weighted by atomic mass is 15.2. The van der Waals surface area contributed by atoms with Crippen LogP contribution in [0.25, 0.3) is 0 Å². The van der Waals surface area contributed by atoms with Crippen LogP contribution < -0.4 is 5.32 Å². The van der Waals surface area contributed by atoms with Crippen LogP contribution in [-0.4, -0.2) is 55.6 Å². The molecule has 1 aromatic heterocycles. The van der Waals surface area contributed by atoms with E-state index in [4.69, 9.17) is 0 Å². The molecule has 0 aromatic carbocycles. The molecule has 0 aliphatic rings. The Balaban J connectivity index is 2.34. The van der Waals surface area contributed by atoms with Crippen LogP contribution >= 0.6 is 0 Å². The van der Waals surface area contributed by atoms with Crippen LogP contribution in [0.4, 0.5) is 0 Å². The Hall–Kier alpha value is -0.970. The van der Waals surface area contributed by atoms with Gasteiger partial charge in [0.05, 0.1) is 5.69 Å². The molecule has 20 heavy (non-hydrogen) atoms. The maximum atomic E-state index is 4.55. The Kier molecular flexibility index (Phi) is 7.73. The molecule has 0 bridgehead atoms. The predicted octanol–water partition coefficient (Wildman–Crippen LogP) is 1.82. The van der Waals surface area contributed by atoms with Crippen molar-refractivity contribution in [3.63, 3.8) is 0 Å². The first-order chi connectivity index (χ1) is 9.47. The van der Waals surface area contributed by atoms with Gasteiger partial charge in [-0.15, -0.1) is 0 Å². The van der Waals surface area contributed by atoms with E-state index in [9.17, 15) is 0 Å². The van der Waals surface area contributed by atoms with Crippen LogP contribution in [-0.2, 0) is 13.1 Å². The zero-order valence-corrected chi connectivity index (χ0v) is 13.7. The monoisotopic (exact) mass is 278 g/mol. The first-order valence-corrected chi connectivity index (χ1v) is 7.45. The zero-order chi connectivity index (χ0) is 15.0. The molecule has 4 heteroatoms. The molecule has 0 saturated carbocycles. The summed E-state index contributed by atoms with van der Waals surface area (Å²) in [5.74, 6) is 0.688. The van der Waals surface area contributed by atoms with Crippen molar-refractivity contribution in [1.82, 2.24) is 20.1 Å². The Morgan fingerprint density at radius 2 is 1.90 bits per heavy atom. The van der Waals surface area contributed by atoms with Gasteiger partial charge < -0.3 is 10.2 Å². The largest absolute Gasteiger partial charge is 0.312 e. The highest BCUT2D eigenvalue weighted by Gasteiger charge is 2.03. The molecule has 0 aliphatic carbocycles. The highest BCUT2D eigenvalue weighted by Crippen LogP contribution is 2.03. The molecule has 1 rings (SSSR count). The van der Waals surface area contributed by atoms with Gasteiger partial charge in [-0.25, -0.2) is 0 Å². The number of likely N-dealkylation sites (N-methyl/N-ethyl adjacent to an activating group) is 2. The van der Waals surface area contributed by atoms with Gasteiger partial charge in [0.1, 0.15) is 0 Å². The lowest BCUT2D eigenvalue weighted by molar-refractivity contribution is 0.274. The number of hydrogen-bond acceptors (Lipinski definition) is 4. The van der Waals surface area contributed by atoms with Crippen molar-refractivity contribution in [2.24, 2.45) is 5.92 Å². The Morgan fingerprint density at radius 3 is 2.45 bits per heavy atom. The quantitative estimate of drug-likeness (QED) is 0.746. The molecule has 1 heterocycles. The summed E-state index contributed by atoms with van der Waals surface area (Å²) < 4.78 is 0. The van der Waals surface area contributed by atoms with Crippen LogP contribution in [0.1, 0.15) is 25.1 Å². The van der Waals surface area contributed by atoms with Gasteiger partial charge in [0.25, 0.3) is 0 Å². The van der Waals surface area contributed by atoms with Crippen molar-refractivity contribution >= 4 is 0 Å². The van der Waals surface area contributed by atoms with Crippen molar-refractivity contribution in [2.45, 2.75) is 26.9 Å². The van der Waals surface area contributed by atoms with E-state index in [1.165, 1.54) is 5.56 Å². The Bertz CT molecular complexity index is 359. The molecule has 0 spiro atoms. The molecule has 4 nitrogen and oxygen atoms in total. The number of nitrogens with zero attached hydrogens (tertiary/aromatic N) is 3. The fourth-order valence-corrected chi connectivity index (χ4v) is 1.88. The lowest BCUT2D eigenvalue weighted by Crippen LogP contribution is -2.28. The molecule has 1 aromatic rings. The van der Waals surface area contributed by atoms with Crippen molar-refractivity contribution < 1.29 is 0 Å². The molecule has 114 valence electrons. The van der Waals surface area contributed by atoms with E-state index in [1.807, 2.05) is 6.20 Å². The molecule has 0 unspecified atom stereocenters. The number of aromatic nitrogens is 1. The van der Waals surface area contributed by atoms with Gasteiger partial charge >= 0.3 is 0 Å². The second-order valence-corrected chi connectivity index (χ2v) is 6.22. The third-order valence-electron chi connectivity index (χ3n) is 3.13. The van der Waals surface area contributed by atoms with Gasteiger partial charge in [-0.3, -0.25) is 9.88 Å². The summed E-state index contributed by atoms with van der Waals surface area (Å²) >= 11 is 0. The third kappa shape index (κ3) is 7.58. The Labute approximate surface area is 124 Å². The molecule has 0 atom stereocenters. The van der Waals surface area contributed by atoms with Crippen molar-refractivity contribution in [3.8, 4) is 0 Å². The lowest BCUT2D eigenvalue weighted by Gasteiger charge is -2.18. The van der Waals surface area contributed by atoms with E-state index in [0.717, 1.165) is 38.4 Å². The van der Waals surface area contributed by atoms with E-state index in [0.29, 0.717) is 5.92 Å². The maximum absolute atomic E-state index is 4.55. The van der Waals surface area contributed by atoms with Gasteiger partial charge in [0.2, 0.25) is 0 Å². The first-order valence-electron chi connectivity index (χ1n) is 7.45. The topological polar surface area (TPSA) is 31.4 Å². The number of nitrogens with one attached hydrogen (secondary N) is 1. The minimum absolute atomic E-state index is 0.688. The SMILES string of the molecule is CC(C)CNCc1ccc(CN(C)CCN(C)C)nc1.